The molecular formula is C11H10BrN3S. The Labute approximate surface area is 107 Å². The third kappa shape index (κ3) is 2.74. The summed E-state index contributed by atoms with van der Waals surface area (Å²) in [5, 5.41) is 1.85. The molecule has 0 aliphatic heterocycles. The van der Waals surface area contributed by atoms with Gasteiger partial charge in [0.05, 0.1) is 11.9 Å². The molecule has 82 valence electrons. The van der Waals surface area contributed by atoms with Crippen molar-refractivity contribution in [2.45, 2.75) is 17.0 Å². The largest absolute Gasteiger partial charge is 0.397 e. The van der Waals surface area contributed by atoms with E-state index in [0.717, 1.165) is 20.1 Å². The molecule has 0 bridgehead atoms. The van der Waals surface area contributed by atoms with E-state index >= 15 is 0 Å². The van der Waals surface area contributed by atoms with Crippen molar-refractivity contribution in [1.29, 1.82) is 0 Å². The number of hydrogen-bond donors (Lipinski definition) is 1. The number of nitrogens with two attached hydrogens (primary N) is 1. The second kappa shape index (κ2) is 4.84. The predicted octanol–water partition coefficient (Wildman–Crippen LogP) is 3.28. The lowest BCUT2D eigenvalue weighted by molar-refractivity contribution is 1.06. The first-order valence-electron chi connectivity index (χ1n) is 4.66. The summed E-state index contributed by atoms with van der Waals surface area (Å²) in [5.41, 5.74) is 7.40. The van der Waals surface area contributed by atoms with Crippen LogP contribution in [0.2, 0.25) is 0 Å². The van der Waals surface area contributed by atoms with Crippen molar-refractivity contribution in [3.05, 3.63) is 40.6 Å². The molecule has 0 amide bonds. The molecule has 2 rings (SSSR count). The standard InChI is InChI=1S/C11H10BrN3S/c1-7-4-9(13)6-15-11(7)16-10-3-2-8(12)5-14-10/h2-6H,13H2,1H3. The molecule has 0 saturated heterocycles. The van der Waals surface area contributed by atoms with Gasteiger partial charge in [-0.05, 0) is 58.4 Å². The monoisotopic (exact) mass is 295 g/mol. The van der Waals surface area contributed by atoms with Gasteiger partial charge in [0.25, 0.3) is 0 Å². The summed E-state index contributed by atoms with van der Waals surface area (Å²) in [7, 11) is 0. The highest BCUT2D eigenvalue weighted by Gasteiger charge is 2.04. The lowest BCUT2D eigenvalue weighted by atomic mass is 10.3. The second-order valence-corrected chi connectivity index (χ2v) is 5.23. The van der Waals surface area contributed by atoms with Crippen LogP contribution < -0.4 is 5.73 Å². The Bertz CT molecular complexity index is 499. The molecule has 0 aliphatic rings. The SMILES string of the molecule is Cc1cc(N)cnc1Sc1ccc(Br)cn1. The van der Waals surface area contributed by atoms with E-state index in [9.17, 15) is 0 Å². The van der Waals surface area contributed by atoms with Crippen LogP contribution in [0, 0.1) is 6.92 Å². The summed E-state index contributed by atoms with van der Waals surface area (Å²) in [5.74, 6) is 0. The van der Waals surface area contributed by atoms with E-state index in [-0.39, 0.29) is 0 Å². The van der Waals surface area contributed by atoms with E-state index in [1.165, 1.54) is 11.8 Å². The van der Waals surface area contributed by atoms with Gasteiger partial charge in [0, 0.05) is 10.7 Å². The first kappa shape index (κ1) is 11.4. The maximum absolute atomic E-state index is 5.65. The number of anilines is 1. The summed E-state index contributed by atoms with van der Waals surface area (Å²) >= 11 is 4.88. The molecular weight excluding hydrogens is 286 g/mol. The Morgan fingerprint density at radius 1 is 1.25 bits per heavy atom. The van der Waals surface area contributed by atoms with Gasteiger partial charge in [-0.15, -0.1) is 0 Å². The lowest BCUT2D eigenvalue weighted by Gasteiger charge is -2.04. The first-order chi connectivity index (χ1) is 7.65. The average molecular weight is 296 g/mol. The van der Waals surface area contributed by atoms with Gasteiger partial charge >= 0.3 is 0 Å². The van der Waals surface area contributed by atoms with Crippen LogP contribution in [0.5, 0.6) is 0 Å². The van der Waals surface area contributed by atoms with E-state index in [0.29, 0.717) is 5.69 Å². The van der Waals surface area contributed by atoms with Crippen LogP contribution in [0.1, 0.15) is 5.56 Å². The molecule has 0 aromatic carbocycles. The first-order valence-corrected chi connectivity index (χ1v) is 6.27. The molecule has 3 nitrogen and oxygen atoms in total. The molecule has 5 heteroatoms. The quantitative estimate of drug-likeness (QED) is 0.924. The smallest absolute Gasteiger partial charge is 0.105 e. The summed E-state index contributed by atoms with van der Waals surface area (Å²) < 4.78 is 0.971. The maximum atomic E-state index is 5.65. The summed E-state index contributed by atoms with van der Waals surface area (Å²) in [6, 6.07) is 5.82. The van der Waals surface area contributed by atoms with Gasteiger partial charge in [0.1, 0.15) is 10.1 Å². The number of rotatable bonds is 2. The molecule has 0 atom stereocenters. The minimum absolute atomic E-state index is 0.686. The van der Waals surface area contributed by atoms with E-state index in [1.54, 1.807) is 12.4 Å². The maximum Gasteiger partial charge on any atom is 0.105 e. The Kier molecular flexibility index (Phi) is 3.46. The fraction of sp³-hybridized carbons (Fsp3) is 0.0909. The van der Waals surface area contributed by atoms with Gasteiger partial charge in [-0.3, -0.25) is 0 Å². The van der Waals surface area contributed by atoms with Crippen LogP contribution in [0.15, 0.2) is 45.1 Å². The van der Waals surface area contributed by atoms with Gasteiger partial charge < -0.3 is 5.73 Å². The average Bonchev–Trinajstić information content (AvgIpc) is 2.25. The van der Waals surface area contributed by atoms with Crippen LogP contribution in [0.4, 0.5) is 5.69 Å². The van der Waals surface area contributed by atoms with Crippen molar-refractivity contribution >= 4 is 33.4 Å². The zero-order valence-electron chi connectivity index (χ0n) is 8.64. The van der Waals surface area contributed by atoms with Crippen LogP contribution in [0.3, 0.4) is 0 Å². The zero-order valence-corrected chi connectivity index (χ0v) is 11.0. The topological polar surface area (TPSA) is 51.8 Å². The highest BCUT2D eigenvalue weighted by Crippen LogP contribution is 2.28. The lowest BCUT2D eigenvalue weighted by Crippen LogP contribution is -1.91. The van der Waals surface area contributed by atoms with E-state index in [4.69, 9.17) is 5.73 Å². The molecule has 2 aromatic rings. The second-order valence-electron chi connectivity index (χ2n) is 3.31. The molecule has 2 heterocycles. The zero-order chi connectivity index (χ0) is 11.5. The van der Waals surface area contributed by atoms with E-state index in [2.05, 4.69) is 25.9 Å². The molecule has 0 radical (unpaired) electrons. The molecule has 16 heavy (non-hydrogen) atoms. The van der Waals surface area contributed by atoms with Crippen molar-refractivity contribution in [3.63, 3.8) is 0 Å². The molecule has 0 fully saturated rings. The third-order valence-electron chi connectivity index (χ3n) is 1.95. The van der Waals surface area contributed by atoms with Gasteiger partial charge in [-0.25, -0.2) is 9.97 Å². The fourth-order valence-corrected chi connectivity index (χ4v) is 2.21. The number of hydrogen-bond acceptors (Lipinski definition) is 4. The van der Waals surface area contributed by atoms with E-state index < -0.39 is 0 Å². The number of halogens is 1. The highest BCUT2D eigenvalue weighted by atomic mass is 79.9. The summed E-state index contributed by atoms with van der Waals surface area (Å²) in [6.45, 7) is 1.99. The van der Waals surface area contributed by atoms with Crippen LogP contribution in [-0.4, -0.2) is 9.97 Å². The minimum Gasteiger partial charge on any atom is -0.397 e. The number of aromatic nitrogens is 2. The number of pyridine rings is 2. The van der Waals surface area contributed by atoms with Crippen molar-refractivity contribution in [2.24, 2.45) is 0 Å². The molecule has 2 aromatic heterocycles. The summed E-state index contributed by atoms with van der Waals surface area (Å²) in [6.07, 6.45) is 3.43. The van der Waals surface area contributed by atoms with Crippen LogP contribution >= 0.6 is 27.7 Å². The number of nitrogens with zero attached hydrogens (tertiary/aromatic N) is 2. The third-order valence-corrected chi connectivity index (χ3v) is 3.49. The number of nitrogen functional groups attached to an aromatic ring is 1. The normalized spacial score (nSPS) is 10.4. The van der Waals surface area contributed by atoms with Gasteiger partial charge in [0.2, 0.25) is 0 Å². The Morgan fingerprint density at radius 3 is 2.69 bits per heavy atom. The molecule has 2 N–H and O–H groups in total. The molecule has 0 spiro atoms. The van der Waals surface area contributed by atoms with E-state index in [1.807, 2.05) is 25.1 Å². The Morgan fingerprint density at radius 2 is 2.06 bits per heavy atom. The van der Waals surface area contributed by atoms with Crippen molar-refractivity contribution in [1.82, 2.24) is 9.97 Å². The molecule has 0 unspecified atom stereocenters. The van der Waals surface area contributed by atoms with Crippen molar-refractivity contribution < 1.29 is 0 Å². The molecule has 0 aliphatic carbocycles. The van der Waals surface area contributed by atoms with Gasteiger partial charge in [-0.1, -0.05) is 0 Å². The Hall–Kier alpha value is -1.07. The van der Waals surface area contributed by atoms with Crippen LogP contribution in [0.25, 0.3) is 0 Å². The van der Waals surface area contributed by atoms with Crippen molar-refractivity contribution in [3.8, 4) is 0 Å². The fourth-order valence-electron chi connectivity index (χ4n) is 1.21. The number of aryl methyl sites for hydroxylation is 1. The predicted molar refractivity (Wildman–Crippen MR) is 69.4 cm³/mol. The van der Waals surface area contributed by atoms with Crippen molar-refractivity contribution in [2.75, 3.05) is 5.73 Å². The van der Waals surface area contributed by atoms with Gasteiger partial charge in [0.15, 0.2) is 0 Å². The molecule has 0 saturated carbocycles. The van der Waals surface area contributed by atoms with Crippen LogP contribution in [-0.2, 0) is 0 Å². The van der Waals surface area contributed by atoms with Gasteiger partial charge in [-0.2, -0.15) is 0 Å². The summed E-state index contributed by atoms with van der Waals surface area (Å²) in [4.78, 5) is 8.56. The highest BCUT2D eigenvalue weighted by molar-refractivity contribution is 9.10. The Balaban J connectivity index is 2.23. The minimum atomic E-state index is 0.686.